The molecule has 0 radical (unpaired) electrons. The molecule has 3 N–H and O–H groups in total. The zero-order chi connectivity index (χ0) is 18.9. The van der Waals surface area contributed by atoms with Gasteiger partial charge in [0.15, 0.2) is 11.5 Å². The van der Waals surface area contributed by atoms with Gasteiger partial charge < -0.3 is 20.5 Å². The minimum absolute atomic E-state index is 0.321. The molecule has 0 saturated carbocycles. The van der Waals surface area contributed by atoms with E-state index in [9.17, 15) is 9.59 Å². The summed E-state index contributed by atoms with van der Waals surface area (Å²) in [7, 11) is 0. The number of carbonyl (C=O) groups is 2. The fourth-order valence-electron chi connectivity index (χ4n) is 2.28. The Labute approximate surface area is 152 Å². The van der Waals surface area contributed by atoms with Crippen LogP contribution in [-0.4, -0.2) is 25.0 Å². The lowest BCUT2D eigenvalue weighted by Crippen LogP contribution is -2.12. The van der Waals surface area contributed by atoms with Crippen LogP contribution in [0.3, 0.4) is 0 Å². The molecule has 6 nitrogen and oxygen atoms in total. The average molecular weight is 354 g/mol. The Morgan fingerprint density at radius 1 is 1.04 bits per heavy atom. The molecule has 0 saturated heterocycles. The number of hydrogen-bond donors (Lipinski definition) is 2. The molecule has 6 heteroatoms. The summed E-state index contributed by atoms with van der Waals surface area (Å²) in [5, 5.41) is 2.69. The molecule has 0 atom stereocenters. The van der Waals surface area contributed by atoms with E-state index in [1.54, 1.807) is 24.3 Å². The molecule has 0 aliphatic carbocycles. The lowest BCUT2D eigenvalue weighted by molar-refractivity contribution is -0.111. The van der Waals surface area contributed by atoms with E-state index in [0.29, 0.717) is 36.0 Å². The molecule has 136 valence electrons. The van der Waals surface area contributed by atoms with E-state index < -0.39 is 5.91 Å². The summed E-state index contributed by atoms with van der Waals surface area (Å²) in [6.45, 7) is 4.86. The smallest absolute Gasteiger partial charge is 0.248 e. The van der Waals surface area contributed by atoms with Crippen LogP contribution in [0.1, 0.15) is 29.8 Å². The van der Waals surface area contributed by atoms with Gasteiger partial charge in [0, 0.05) is 17.3 Å². The van der Waals surface area contributed by atoms with Crippen LogP contribution in [0.2, 0.25) is 0 Å². The number of anilines is 1. The maximum atomic E-state index is 12.1. The molecule has 0 bridgehead atoms. The van der Waals surface area contributed by atoms with Crippen LogP contribution in [0.4, 0.5) is 5.69 Å². The Morgan fingerprint density at radius 3 is 2.46 bits per heavy atom. The van der Waals surface area contributed by atoms with Crippen molar-refractivity contribution in [3.05, 3.63) is 59.7 Å². The predicted octanol–water partition coefficient (Wildman–Crippen LogP) is 3.23. The van der Waals surface area contributed by atoms with Crippen molar-refractivity contribution in [2.24, 2.45) is 5.73 Å². The lowest BCUT2D eigenvalue weighted by atomic mass is 10.1. The van der Waals surface area contributed by atoms with Gasteiger partial charge in [-0.2, -0.15) is 0 Å². The number of amides is 2. The molecule has 26 heavy (non-hydrogen) atoms. The van der Waals surface area contributed by atoms with Gasteiger partial charge in [-0.05, 0) is 55.8 Å². The van der Waals surface area contributed by atoms with Crippen LogP contribution in [-0.2, 0) is 4.79 Å². The van der Waals surface area contributed by atoms with Crippen LogP contribution >= 0.6 is 0 Å². The number of benzene rings is 2. The third-order valence-electron chi connectivity index (χ3n) is 3.41. The quantitative estimate of drug-likeness (QED) is 0.712. The van der Waals surface area contributed by atoms with Crippen molar-refractivity contribution in [3.63, 3.8) is 0 Å². The monoisotopic (exact) mass is 354 g/mol. The van der Waals surface area contributed by atoms with E-state index in [1.165, 1.54) is 12.1 Å². The standard InChI is InChI=1S/C20H22N2O4/c1-3-25-17-10-8-14(12-18(17)26-4-2)9-11-19(23)22-16-7-5-6-15(13-16)20(21)24/h5-13H,3-4H2,1-2H3,(H2,21,24)(H,22,23)/b11-9+. The maximum Gasteiger partial charge on any atom is 0.248 e. The second-order valence-electron chi connectivity index (χ2n) is 5.34. The fraction of sp³-hybridized carbons (Fsp3) is 0.200. The van der Waals surface area contributed by atoms with Gasteiger partial charge >= 0.3 is 0 Å². The van der Waals surface area contributed by atoms with E-state index in [-0.39, 0.29) is 5.91 Å². The first-order valence-electron chi connectivity index (χ1n) is 8.32. The predicted molar refractivity (Wildman–Crippen MR) is 101 cm³/mol. The van der Waals surface area contributed by atoms with Crippen molar-refractivity contribution in [3.8, 4) is 11.5 Å². The molecule has 0 aliphatic heterocycles. The van der Waals surface area contributed by atoms with Crippen LogP contribution in [0, 0.1) is 0 Å². The minimum Gasteiger partial charge on any atom is -0.490 e. The van der Waals surface area contributed by atoms with Crippen molar-refractivity contribution in [1.82, 2.24) is 0 Å². The van der Waals surface area contributed by atoms with Crippen molar-refractivity contribution < 1.29 is 19.1 Å². The molecule has 2 aromatic rings. The zero-order valence-electron chi connectivity index (χ0n) is 14.8. The molecule has 2 rings (SSSR count). The van der Waals surface area contributed by atoms with Gasteiger partial charge in [0.05, 0.1) is 13.2 Å². The largest absolute Gasteiger partial charge is 0.490 e. The zero-order valence-corrected chi connectivity index (χ0v) is 14.8. The molecule has 2 aromatic carbocycles. The number of hydrogen-bond acceptors (Lipinski definition) is 4. The summed E-state index contributed by atoms with van der Waals surface area (Å²) in [4.78, 5) is 23.3. The van der Waals surface area contributed by atoms with E-state index in [0.717, 1.165) is 5.56 Å². The normalized spacial score (nSPS) is 10.5. The molecule has 0 unspecified atom stereocenters. The lowest BCUT2D eigenvalue weighted by Gasteiger charge is -2.11. The molecular weight excluding hydrogens is 332 g/mol. The summed E-state index contributed by atoms with van der Waals surface area (Å²) in [6, 6.07) is 11.9. The maximum absolute atomic E-state index is 12.1. The molecule has 0 fully saturated rings. The van der Waals surface area contributed by atoms with Crippen molar-refractivity contribution >= 4 is 23.6 Å². The molecule has 2 amide bonds. The number of nitrogens with two attached hydrogens (primary N) is 1. The number of nitrogens with one attached hydrogen (secondary N) is 1. The summed E-state index contributed by atoms with van der Waals surface area (Å²) in [5.74, 6) is 0.429. The van der Waals surface area contributed by atoms with Crippen molar-refractivity contribution in [1.29, 1.82) is 0 Å². The van der Waals surface area contributed by atoms with E-state index >= 15 is 0 Å². The van der Waals surface area contributed by atoms with Gasteiger partial charge in [0.1, 0.15) is 0 Å². The van der Waals surface area contributed by atoms with Gasteiger partial charge in [-0.3, -0.25) is 9.59 Å². The first-order chi connectivity index (χ1) is 12.5. The molecule has 0 aliphatic rings. The van der Waals surface area contributed by atoms with Crippen LogP contribution in [0.5, 0.6) is 11.5 Å². The van der Waals surface area contributed by atoms with E-state index in [2.05, 4.69) is 5.32 Å². The van der Waals surface area contributed by atoms with Crippen LogP contribution in [0.15, 0.2) is 48.5 Å². The van der Waals surface area contributed by atoms with Gasteiger partial charge in [0.2, 0.25) is 11.8 Å². The van der Waals surface area contributed by atoms with E-state index in [4.69, 9.17) is 15.2 Å². The molecule has 0 aromatic heterocycles. The second kappa shape index (κ2) is 9.27. The molecule has 0 heterocycles. The van der Waals surface area contributed by atoms with E-state index in [1.807, 2.05) is 32.0 Å². The first-order valence-corrected chi connectivity index (χ1v) is 8.32. The topological polar surface area (TPSA) is 90.6 Å². The van der Waals surface area contributed by atoms with Gasteiger partial charge in [-0.1, -0.05) is 12.1 Å². The fourth-order valence-corrected chi connectivity index (χ4v) is 2.28. The third-order valence-corrected chi connectivity index (χ3v) is 3.41. The number of primary amides is 1. The number of rotatable bonds is 8. The van der Waals surface area contributed by atoms with Gasteiger partial charge in [0.25, 0.3) is 0 Å². The average Bonchev–Trinajstić information content (AvgIpc) is 2.62. The van der Waals surface area contributed by atoms with Gasteiger partial charge in [-0.25, -0.2) is 0 Å². The molecule has 0 spiro atoms. The first kappa shape index (κ1) is 19.1. The Morgan fingerprint density at radius 2 is 1.77 bits per heavy atom. The highest BCUT2D eigenvalue weighted by Crippen LogP contribution is 2.29. The summed E-state index contributed by atoms with van der Waals surface area (Å²) >= 11 is 0. The SMILES string of the molecule is CCOc1ccc(/C=C/C(=O)Nc2cccc(C(N)=O)c2)cc1OCC. The minimum atomic E-state index is -0.547. The third kappa shape index (κ3) is 5.37. The van der Waals surface area contributed by atoms with Crippen molar-refractivity contribution in [2.75, 3.05) is 18.5 Å². The highest BCUT2D eigenvalue weighted by atomic mass is 16.5. The van der Waals surface area contributed by atoms with Crippen LogP contribution in [0.25, 0.3) is 6.08 Å². The summed E-state index contributed by atoms with van der Waals surface area (Å²) in [5.41, 5.74) is 6.87. The van der Waals surface area contributed by atoms with Gasteiger partial charge in [-0.15, -0.1) is 0 Å². The highest BCUT2D eigenvalue weighted by molar-refractivity contribution is 6.03. The Kier molecular flexibility index (Phi) is 6.79. The van der Waals surface area contributed by atoms with Crippen molar-refractivity contribution in [2.45, 2.75) is 13.8 Å². The van der Waals surface area contributed by atoms with Crippen LogP contribution < -0.4 is 20.5 Å². The number of carbonyl (C=O) groups excluding carboxylic acids is 2. The Bertz CT molecular complexity index is 815. The number of ether oxygens (including phenoxy) is 2. The Balaban J connectivity index is 2.08. The Hall–Kier alpha value is -3.28. The highest BCUT2D eigenvalue weighted by Gasteiger charge is 2.06. The molecular formula is C20H22N2O4. The summed E-state index contributed by atoms with van der Waals surface area (Å²) < 4.78 is 11.1. The summed E-state index contributed by atoms with van der Waals surface area (Å²) in [6.07, 6.45) is 3.08. The second-order valence-corrected chi connectivity index (χ2v) is 5.34.